The van der Waals surface area contributed by atoms with E-state index < -0.39 is 184 Å². The number of carbonyl (C=O) groups is 18. The van der Waals surface area contributed by atoms with Crippen LogP contribution in [0.5, 0.6) is 0 Å². The normalized spacial score (nSPS) is 24.2. The zero-order valence-corrected chi connectivity index (χ0v) is 33.8. The Balaban J connectivity index is 0.000000778. The van der Waals surface area contributed by atoms with E-state index in [2.05, 4.69) is 56.8 Å². The maximum absolute atomic E-state index is 10.5. The van der Waals surface area contributed by atoms with Gasteiger partial charge >= 0.3 is 71.6 Å². The van der Waals surface area contributed by atoms with E-state index in [0.29, 0.717) is 0 Å². The van der Waals surface area contributed by atoms with Crippen LogP contribution in [0.25, 0.3) is 0 Å². The molecular formula is C30H18MoO36-6. The maximum atomic E-state index is 10.5. The van der Waals surface area contributed by atoms with Crippen LogP contribution in [-0.2, 0) is 164 Å². The average molecular weight is 1050 g/mol. The first-order valence-electron chi connectivity index (χ1n) is 16.1. The summed E-state index contributed by atoms with van der Waals surface area (Å²) < 4.78 is 49.3. The van der Waals surface area contributed by atoms with Gasteiger partial charge in [-0.05, 0) is 0 Å². The van der Waals surface area contributed by atoms with Crippen molar-refractivity contribution >= 4 is 107 Å². The SMILES string of the molecule is O=C1COC(C(=O)[O-])C(=O)O1.O=C1COC(C(=O)[O-])C(=O)O1.O=C1COC(C(=O)[O-])C(=O)O1.O=C1COC(C(=O)[O-])C(=O)O1.O=C1COC(C(=O)[O-])C(=O)O1.O=C1COC(C(=O)[O-])C(=O)O1.[Mo]. The first-order chi connectivity index (χ1) is 30.7. The van der Waals surface area contributed by atoms with E-state index in [1.165, 1.54) is 0 Å². The Morgan fingerprint density at radius 3 is 0.448 bits per heavy atom. The largest absolute Gasteiger partial charge is 0.547 e. The first-order valence-corrected chi connectivity index (χ1v) is 16.1. The van der Waals surface area contributed by atoms with Crippen molar-refractivity contribution in [3.05, 3.63) is 0 Å². The van der Waals surface area contributed by atoms with Crippen molar-refractivity contribution in [2.24, 2.45) is 0 Å². The van der Waals surface area contributed by atoms with Gasteiger partial charge in [-0.3, -0.25) is 0 Å². The molecule has 36 nitrogen and oxygen atoms in total. The molecule has 6 rings (SSSR count). The number of carboxylic acids is 6. The summed E-state index contributed by atoms with van der Waals surface area (Å²) in [6.45, 7) is -3.22. The van der Waals surface area contributed by atoms with Crippen molar-refractivity contribution in [1.29, 1.82) is 0 Å². The smallest absolute Gasteiger partial charge is 0.348 e. The standard InChI is InChI=1S/6C5H4O6.Mo/c6*6-2-1-10-3(4(7)8)5(9)11-2;/h6*3H,1H2,(H,7,8);/p-6. The molecule has 0 amide bonds. The average Bonchev–Trinajstić information content (AvgIpc) is 3.18. The van der Waals surface area contributed by atoms with Crippen LogP contribution in [0.4, 0.5) is 0 Å². The number of rotatable bonds is 6. The van der Waals surface area contributed by atoms with Gasteiger partial charge in [0, 0.05) is 21.1 Å². The summed E-state index contributed by atoms with van der Waals surface area (Å²) in [5, 5.41) is 60.1. The molecule has 0 aromatic rings. The summed E-state index contributed by atoms with van der Waals surface area (Å²) >= 11 is 0. The van der Waals surface area contributed by atoms with Crippen LogP contribution in [0, 0.1) is 0 Å². The van der Waals surface area contributed by atoms with Crippen LogP contribution >= 0.6 is 0 Å². The molecule has 6 atom stereocenters. The van der Waals surface area contributed by atoms with Crippen molar-refractivity contribution in [3.8, 4) is 0 Å². The van der Waals surface area contributed by atoms with Crippen LogP contribution < -0.4 is 30.6 Å². The Morgan fingerprint density at radius 1 is 0.269 bits per heavy atom. The molecule has 366 valence electrons. The van der Waals surface area contributed by atoms with Crippen LogP contribution in [0.3, 0.4) is 0 Å². The van der Waals surface area contributed by atoms with E-state index in [0.717, 1.165) is 0 Å². The van der Waals surface area contributed by atoms with Gasteiger partial charge in [0.25, 0.3) is 0 Å². The third kappa shape index (κ3) is 20.7. The quantitative estimate of drug-likeness (QED) is 0.103. The Bertz CT molecular complexity index is 1690. The molecule has 0 saturated carbocycles. The van der Waals surface area contributed by atoms with E-state index in [1.807, 2.05) is 0 Å². The number of aliphatic carboxylic acids is 6. The summed E-state index contributed by atoms with van der Waals surface area (Å²) in [6.07, 6.45) is -10.6. The summed E-state index contributed by atoms with van der Waals surface area (Å²) in [6, 6.07) is 0. The second kappa shape index (κ2) is 28.1. The molecule has 0 radical (unpaired) electrons. The molecule has 6 unspecified atom stereocenters. The number of hydrogen-bond acceptors (Lipinski definition) is 36. The van der Waals surface area contributed by atoms with Crippen molar-refractivity contribution < 1.29 is 195 Å². The van der Waals surface area contributed by atoms with Gasteiger partial charge in [0.2, 0.25) is 0 Å². The van der Waals surface area contributed by atoms with Gasteiger partial charge in [-0.2, -0.15) is 0 Å². The molecule has 67 heavy (non-hydrogen) atoms. The third-order valence-corrected chi connectivity index (χ3v) is 6.06. The molecule has 6 fully saturated rings. The minimum Gasteiger partial charge on any atom is -0.547 e. The Kier molecular flexibility index (Phi) is 24.8. The number of carboxylic acid groups (broad SMARTS) is 6. The van der Waals surface area contributed by atoms with Gasteiger partial charge < -0.3 is 116 Å². The van der Waals surface area contributed by atoms with E-state index in [-0.39, 0.29) is 21.1 Å². The van der Waals surface area contributed by atoms with Gasteiger partial charge in [0.15, 0.2) is 36.6 Å². The number of esters is 12. The van der Waals surface area contributed by atoms with Crippen molar-refractivity contribution in [2.75, 3.05) is 39.6 Å². The number of carbonyl (C=O) groups excluding carboxylic acids is 18. The van der Waals surface area contributed by atoms with Gasteiger partial charge in [0.1, 0.15) is 39.6 Å². The fraction of sp³-hybridized carbons (Fsp3) is 0.400. The molecule has 0 aliphatic carbocycles. The molecule has 0 N–H and O–H groups in total. The predicted octanol–water partition coefficient (Wildman–Crippen LogP) is -16.8. The molecule has 0 spiro atoms. The molecule has 37 heteroatoms. The molecule has 6 heterocycles. The fourth-order valence-electron chi connectivity index (χ4n) is 3.47. The van der Waals surface area contributed by atoms with Gasteiger partial charge in [0.05, 0.1) is 35.8 Å². The summed E-state index contributed by atoms with van der Waals surface area (Å²) in [7, 11) is 0. The van der Waals surface area contributed by atoms with Crippen molar-refractivity contribution in [3.63, 3.8) is 0 Å². The fourth-order valence-corrected chi connectivity index (χ4v) is 3.47. The van der Waals surface area contributed by atoms with E-state index in [1.54, 1.807) is 0 Å². The first kappa shape index (κ1) is 59.1. The number of hydrogen-bond donors (Lipinski definition) is 0. The summed E-state index contributed by atoms with van der Waals surface area (Å²) in [5.41, 5.74) is 0. The number of cyclic esters (lactones) is 12. The second-order valence-corrected chi connectivity index (χ2v) is 10.8. The summed E-state index contributed by atoms with van der Waals surface area (Å²) in [4.78, 5) is 184. The van der Waals surface area contributed by atoms with E-state index >= 15 is 0 Å². The summed E-state index contributed by atoms with van der Waals surface area (Å²) in [5.74, 6) is -23.0. The van der Waals surface area contributed by atoms with Crippen LogP contribution in [0.1, 0.15) is 0 Å². The predicted molar refractivity (Wildman–Crippen MR) is 155 cm³/mol. The zero-order chi connectivity index (χ0) is 50.6. The topological polar surface area (TPSA) is 556 Å². The van der Waals surface area contributed by atoms with Gasteiger partial charge in [-0.15, -0.1) is 0 Å². The van der Waals surface area contributed by atoms with Crippen LogP contribution in [-0.4, -0.2) is 184 Å². The maximum Gasteiger partial charge on any atom is 0.348 e. The Morgan fingerprint density at radius 2 is 0.373 bits per heavy atom. The molecule has 6 aliphatic rings. The zero-order valence-electron chi connectivity index (χ0n) is 31.8. The van der Waals surface area contributed by atoms with Crippen LogP contribution in [0.15, 0.2) is 0 Å². The van der Waals surface area contributed by atoms with Gasteiger partial charge in [-0.1, -0.05) is 0 Å². The molecule has 6 aliphatic heterocycles. The molecule has 0 bridgehead atoms. The molecule has 0 aromatic heterocycles. The minimum atomic E-state index is -1.77. The molecule has 0 aromatic carbocycles. The van der Waals surface area contributed by atoms with E-state index in [4.69, 9.17) is 0 Å². The van der Waals surface area contributed by atoms with Crippen molar-refractivity contribution in [2.45, 2.75) is 36.6 Å². The Hall–Kier alpha value is -7.89. The van der Waals surface area contributed by atoms with Crippen molar-refractivity contribution in [1.82, 2.24) is 0 Å². The van der Waals surface area contributed by atoms with Gasteiger partial charge in [-0.25, -0.2) is 57.5 Å². The minimum absolute atomic E-state index is 0. The number of ether oxygens (including phenoxy) is 12. The molecular weight excluding hydrogens is 1030 g/mol. The van der Waals surface area contributed by atoms with Crippen LogP contribution in [0.2, 0.25) is 0 Å². The van der Waals surface area contributed by atoms with E-state index in [9.17, 15) is 117 Å². The third-order valence-electron chi connectivity index (χ3n) is 6.06. The Labute approximate surface area is 378 Å². The molecule has 6 saturated heterocycles. The second-order valence-electron chi connectivity index (χ2n) is 10.8. The monoisotopic (exact) mass is 1050 g/mol.